The van der Waals surface area contributed by atoms with E-state index in [-0.39, 0.29) is 5.41 Å². The average molecular weight is 247 g/mol. The number of carbonyl (C=O) groups excluding carboxylic acids is 1. The van der Waals surface area contributed by atoms with Gasteiger partial charge < -0.3 is 5.32 Å². The van der Waals surface area contributed by atoms with E-state index < -0.39 is 18.9 Å². The van der Waals surface area contributed by atoms with Gasteiger partial charge in [0.2, 0.25) is 0 Å². The molecule has 2 nitrogen and oxygen atoms in total. The molecule has 16 heavy (non-hydrogen) atoms. The van der Waals surface area contributed by atoms with E-state index in [1.165, 1.54) is 11.3 Å². The fourth-order valence-corrected chi connectivity index (χ4v) is 2.10. The van der Waals surface area contributed by atoms with Gasteiger partial charge in [0.05, 0.1) is 12.1 Å². The smallest absolute Gasteiger partial charge is 0.255 e. The van der Waals surface area contributed by atoms with E-state index in [9.17, 15) is 13.6 Å². The molecule has 0 aliphatic heterocycles. The molecule has 1 heterocycles. The van der Waals surface area contributed by atoms with Crippen LogP contribution in [0.4, 0.5) is 8.78 Å². The van der Waals surface area contributed by atoms with Crippen LogP contribution in [0.1, 0.15) is 36.0 Å². The summed E-state index contributed by atoms with van der Waals surface area (Å²) in [5, 5.41) is 3.88. The minimum atomic E-state index is -2.51. The van der Waals surface area contributed by atoms with Crippen LogP contribution in [0.5, 0.6) is 0 Å². The van der Waals surface area contributed by atoms with Crippen LogP contribution >= 0.6 is 11.3 Å². The Morgan fingerprint density at radius 2 is 2.12 bits per heavy atom. The number of alkyl halides is 2. The van der Waals surface area contributed by atoms with Crippen LogP contribution in [0.2, 0.25) is 0 Å². The largest absolute Gasteiger partial charge is 0.346 e. The summed E-state index contributed by atoms with van der Waals surface area (Å²) in [6.45, 7) is 5.53. The van der Waals surface area contributed by atoms with Gasteiger partial charge in [-0.3, -0.25) is 4.79 Å². The lowest BCUT2D eigenvalue weighted by Crippen LogP contribution is -2.28. The Morgan fingerprint density at radius 3 is 2.56 bits per heavy atom. The minimum absolute atomic E-state index is 0.0219. The average Bonchev–Trinajstić information content (AvgIpc) is 2.61. The molecule has 0 aromatic carbocycles. The first-order valence-electron chi connectivity index (χ1n) is 4.96. The number of hydrogen-bond donors (Lipinski definition) is 1. The summed E-state index contributed by atoms with van der Waals surface area (Å²) >= 11 is 1.47. The third-order valence-electron chi connectivity index (χ3n) is 2.02. The molecule has 1 aromatic rings. The zero-order valence-electron chi connectivity index (χ0n) is 9.51. The third-order valence-corrected chi connectivity index (χ3v) is 3.37. The summed E-state index contributed by atoms with van der Waals surface area (Å²) < 4.78 is 23.8. The highest BCUT2D eigenvalue weighted by molar-refractivity contribution is 7.10. The molecule has 0 radical (unpaired) electrons. The third kappa shape index (κ3) is 3.56. The fourth-order valence-electron chi connectivity index (χ4n) is 1.12. The van der Waals surface area contributed by atoms with Crippen LogP contribution in [0.3, 0.4) is 0 Å². The minimum Gasteiger partial charge on any atom is -0.346 e. The van der Waals surface area contributed by atoms with Crippen molar-refractivity contribution in [2.45, 2.75) is 32.6 Å². The maximum atomic E-state index is 11.9. The molecule has 0 atom stereocenters. The van der Waals surface area contributed by atoms with Gasteiger partial charge in [-0.25, -0.2) is 8.78 Å². The molecule has 0 spiro atoms. The Labute approximate surface area is 97.7 Å². The zero-order chi connectivity index (χ0) is 12.3. The molecular weight excluding hydrogens is 232 g/mol. The summed E-state index contributed by atoms with van der Waals surface area (Å²) in [4.78, 5) is 12.5. The Morgan fingerprint density at radius 1 is 1.50 bits per heavy atom. The topological polar surface area (TPSA) is 29.1 Å². The summed E-state index contributed by atoms with van der Waals surface area (Å²) in [6.07, 6.45) is -2.51. The number of amides is 1. The van der Waals surface area contributed by atoms with Gasteiger partial charge in [-0.1, -0.05) is 20.8 Å². The lowest BCUT2D eigenvalue weighted by atomic mass is 9.94. The molecule has 90 valence electrons. The van der Waals surface area contributed by atoms with E-state index in [4.69, 9.17) is 0 Å². The maximum Gasteiger partial charge on any atom is 0.255 e. The summed E-state index contributed by atoms with van der Waals surface area (Å²) in [5.74, 6) is -0.438. The van der Waals surface area contributed by atoms with Crippen molar-refractivity contribution in [1.29, 1.82) is 0 Å². The van der Waals surface area contributed by atoms with E-state index in [0.29, 0.717) is 5.56 Å². The van der Waals surface area contributed by atoms with E-state index in [1.54, 1.807) is 11.4 Å². The number of thiophene rings is 1. The fraction of sp³-hybridized carbons (Fsp3) is 0.545. The van der Waals surface area contributed by atoms with Gasteiger partial charge in [0, 0.05) is 10.3 Å². The van der Waals surface area contributed by atoms with Crippen LogP contribution in [0.25, 0.3) is 0 Å². The highest BCUT2D eigenvalue weighted by atomic mass is 32.1. The molecule has 0 unspecified atom stereocenters. The summed E-state index contributed by atoms with van der Waals surface area (Å²) in [5.41, 5.74) is 0.432. The van der Waals surface area contributed by atoms with E-state index in [0.717, 1.165) is 4.88 Å². The van der Waals surface area contributed by atoms with Crippen molar-refractivity contribution < 1.29 is 13.6 Å². The predicted molar refractivity (Wildman–Crippen MR) is 61.4 cm³/mol. The molecule has 1 amide bonds. The van der Waals surface area contributed by atoms with E-state index in [2.05, 4.69) is 5.32 Å². The van der Waals surface area contributed by atoms with Crippen molar-refractivity contribution in [1.82, 2.24) is 5.32 Å². The Bertz CT molecular complexity index is 368. The quantitative estimate of drug-likeness (QED) is 0.874. The highest BCUT2D eigenvalue weighted by Gasteiger charge is 2.18. The first-order chi connectivity index (χ1) is 7.30. The van der Waals surface area contributed by atoms with Gasteiger partial charge in [-0.15, -0.1) is 11.3 Å². The number of nitrogens with one attached hydrogen (secondary N) is 1. The molecule has 0 saturated heterocycles. The normalized spacial score (nSPS) is 11.9. The zero-order valence-corrected chi connectivity index (χ0v) is 10.3. The second-order valence-corrected chi connectivity index (χ2v) is 5.46. The van der Waals surface area contributed by atoms with Gasteiger partial charge in [0.15, 0.2) is 0 Å². The number of halogens is 2. The SMILES string of the molecule is CC(C)(C)c1cc(C(=O)NCC(F)F)cs1. The van der Waals surface area contributed by atoms with Crippen molar-refractivity contribution in [3.8, 4) is 0 Å². The van der Waals surface area contributed by atoms with Gasteiger partial charge >= 0.3 is 0 Å². The molecule has 0 bridgehead atoms. The predicted octanol–water partition coefficient (Wildman–Crippen LogP) is 3.04. The molecule has 1 aromatic heterocycles. The van der Waals surface area contributed by atoms with Crippen molar-refractivity contribution in [2.75, 3.05) is 6.54 Å². The first-order valence-corrected chi connectivity index (χ1v) is 5.84. The lowest BCUT2D eigenvalue weighted by Gasteiger charge is -2.15. The van der Waals surface area contributed by atoms with Gasteiger partial charge in [0.25, 0.3) is 12.3 Å². The number of rotatable bonds is 3. The van der Waals surface area contributed by atoms with Crippen LogP contribution in [-0.2, 0) is 5.41 Å². The van der Waals surface area contributed by atoms with Crippen LogP contribution in [0, 0.1) is 0 Å². The van der Waals surface area contributed by atoms with Crippen molar-refractivity contribution in [3.63, 3.8) is 0 Å². The standard InChI is InChI=1S/C11H15F2NOS/c1-11(2,3)8-4-7(6-16-8)10(15)14-5-9(12)13/h4,6,9H,5H2,1-3H3,(H,14,15). The van der Waals surface area contributed by atoms with Crippen LogP contribution in [-0.4, -0.2) is 18.9 Å². The molecule has 1 rings (SSSR count). The lowest BCUT2D eigenvalue weighted by molar-refractivity contribution is 0.0892. The van der Waals surface area contributed by atoms with Crippen molar-refractivity contribution in [3.05, 3.63) is 21.9 Å². The molecule has 5 heteroatoms. The number of hydrogen-bond acceptors (Lipinski definition) is 2. The van der Waals surface area contributed by atoms with Crippen molar-refractivity contribution >= 4 is 17.2 Å². The first kappa shape index (κ1) is 13.1. The molecule has 0 saturated carbocycles. The monoisotopic (exact) mass is 247 g/mol. The number of carbonyl (C=O) groups is 1. The molecule has 1 N–H and O–H groups in total. The second-order valence-electron chi connectivity index (χ2n) is 4.55. The summed E-state index contributed by atoms with van der Waals surface area (Å²) in [6, 6.07) is 1.76. The highest BCUT2D eigenvalue weighted by Crippen LogP contribution is 2.28. The van der Waals surface area contributed by atoms with Gasteiger partial charge in [0.1, 0.15) is 0 Å². The van der Waals surface area contributed by atoms with Crippen LogP contribution in [0.15, 0.2) is 11.4 Å². The summed E-state index contributed by atoms with van der Waals surface area (Å²) in [7, 11) is 0. The molecule has 0 aliphatic rings. The maximum absolute atomic E-state index is 11.9. The molecule has 0 aliphatic carbocycles. The molecular formula is C11H15F2NOS. The van der Waals surface area contributed by atoms with Crippen molar-refractivity contribution in [2.24, 2.45) is 0 Å². The Balaban J connectivity index is 2.67. The Hall–Kier alpha value is -0.970. The van der Waals surface area contributed by atoms with Gasteiger partial charge in [-0.2, -0.15) is 0 Å². The van der Waals surface area contributed by atoms with E-state index >= 15 is 0 Å². The Kier molecular flexibility index (Phi) is 4.02. The van der Waals surface area contributed by atoms with Gasteiger partial charge in [-0.05, 0) is 11.5 Å². The molecule has 0 fully saturated rings. The second kappa shape index (κ2) is 4.91. The van der Waals surface area contributed by atoms with Crippen LogP contribution < -0.4 is 5.32 Å². The van der Waals surface area contributed by atoms with E-state index in [1.807, 2.05) is 20.8 Å².